The fourth-order valence-corrected chi connectivity index (χ4v) is 2.64. The van der Waals surface area contributed by atoms with Crippen molar-refractivity contribution in [1.29, 1.82) is 0 Å². The normalized spacial score (nSPS) is 10.8. The Balaban J connectivity index is 2.54. The maximum atomic E-state index is 6.00. The van der Waals surface area contributed by atoms with E-state index in [0.717, 1.165) is 16.6 Å². The Bertz CT molecular complexity index is 529. The van der Waals surface area contributed by atoms with E-state index in [0.29, 0.717) is 20.3 Å². The van der Waals surface area contributed by atoms with E-state index in [1.54, 1.807) is 6.20 Å². The molecular weight excluding hydrogens is 333 g/mol. The first-order chi connectivity index (χ1) is 7.61. The molecule has 0 aliphatic carbocycles. The summed E-state index contributed by atoms with van der Waals surface area (Å²) in [4.78, 5) is 12.7. The highest BCUT2D eigenvalue weighted by Crippen LogP contribution is 2.30. The number of halogens is 3. The topological polar surface area (TPSA) is 38.7 Å². The van der Waals surface area contributed by atoms with Gasteiger partial charge in [-0.15, -0.1) is 0 Å². The number of hydrogen-bond acceptors (Lipinski definition) is 4. The van der Waals surface area contributed by atoms with Crippen LogP contribution >= 0.6 is 50.5 Å². The van der Waals surface area contributed by atoms with E-state index in [-0.39, 0.29) is 0 Å². The third-order valence-electron chi connectivity index (χ3n) is 1.88. The lowest BCUT2D eigenvalue weighted by Crippen LogP contribution is -1.96. The molecule has 0 atom stereocenters. The van der Waals surface area contributed by atoms with Crippen molar-refractivity contribution in [1.82, 2.24) is 15.0 Å². The van der Waals surface area contributed by atoms with Gasteiger partial charge in [0, 0.05) is 0 Å². The number of rotatable bonds is 2. The first-order valence-electron chi connectivity index (χ1n) is 4.45. The molecule has 0 aliphatic rings. The minimum Gasteiger partial charge on any atom is -0.240 e. The summed E-state index contributed by atoms with van der Waals surface area (Å²) in [6.45, 7) is 2.00. The van der Waals surface area contributed by atoms with Gasteiger partial charge in [-0.25, -0.2) is 15.0 Å². The minimum atomic E-state index is 0.396. The zero-order valence-corrected chi connectivity index (χ0v) is 12.1. The Morgan fingerprint density at radius 2 is 2.12 bits per heavy atom. The summed E-state index contributed by atoms with van der Waals surface area (Å²) in [7, 11) is 0. The molecule has 0 radical (unpaired) electrons. The molecule has 0 N–H and O–H groups in total. The Morgan fingerprint density at radius 1 is 1.38 bits per heavy atom. The van der Waals surface area contributed by atoms with Crippen molar-refractivity contribution in [2.75, 3.05) is 0 Å². The molecule has 0 saturated heterocycles. The summed E-state index contributed by atoms with van der Waals surface area (Å²) in [5, 5.41) is 1.07. The largest absolute Gasteiger partial charge is 0.240 e. The van der Waals surface area contributed by atoms with Crippen LogP contribution in [-0.2, 0) is 6.42 Å². The maximum absolute atomic E-state index is 6.00. The van der Waals surface area contributed by atoms with Gasteiger partial charge in [-0.1, -0.05) is 41.5 Å². The molecule has 2 rings (SSSR count). The van der Waals surface area contributed by atoms with Crippen molar-refractivity contribution in [3.05, 3.63) is 25.9 Å². The fourth-order valence-electron chi connectivity index (χ4n) is 1.15. The highest BCUT2D eigenvalue weighted by molar-refractivity contribution is 9.10. The molecule has 3 nitrogen and oxygen atoms in total. The van der Waals surface area contributed by atoms with Crippen LogP contribution in [0, 0.1) is 0 Å². The Hall–Kier alpha value is -0.230. The maximum Gasteiger partial charge on any atom is 0.190 e. The summed E-state index contributed by atoms with van der Waals surface area (Å²) in [6, 6.07) is 0. The van der Waals surface area contributed by atoms with Crippen molar-refractivity contribution in [3.63, 3.8) is 0 Å². The predicted octanol–water partition coefficient (Wildman–Crippen LogP) is 4.23. The summed E-state index contributed by atoms with van der Waals surface area (Å²) in [5.41, 5.74) is 0.862. The molecule has 0 amide bonds. The van der Waals surface area contributed by atoms with E-state index in [1.807, 2.05) is 6.92 Å². The van der Waals surface area contributed by atoms with Crippen LogP contribution in [0.1, 0.15) is 12.6 Å². The van der Waals surface area contributed by atoms with Crippen LogP contribution in [0.5, 0.6) is 0 Å². The van der Waals surface area contributed by atoms with Gasteiger partial charge < -0.3 is 0 Å². The van der Waals surface area contributed by atoms with Crippen molar-refractivity contribution < 1.29 is 0 Å². The molecule has 7 heteroatoms. The number of nitrogens with zero attached hydrogens (tertiary/aromatic N) is 3. The van der Waals surface area contributed by atoms with Gasteiger partial charge in [-0.3, -0.25) is 0 Å². The monoisotopic (exact) mass is 337 g/mol. The SMILES string of the molecule is CCc1nc(-c2ncc(Cl)s2)nc(Cl)c1Br. The summed E-state index contributed by atoms with van der Waals surface area (Å²) in [6.07, 6.45) is 2.35. The van der Waals surface area contributed by atoms with Gasteiger partial charge in [-0.05, 0) is 22.4 Å². The average molecular weight is 339 g/mol. The van der Waals surface area contributed by atoms with E-state index < -0.39 is 0 Å². The van der Waals surface area contributed by atoms with Gasteiger partial charge in [-0.2, -0.15) is 0 Å². The molecule has 0 aromatic carbocycles. The van der Waals surface area contributed by atoms with Crippen molar-refractivity contribution >= 4 is 50.5 Å². The van der Waals surface area contributed by atoms with Crippen molar-refractivity contribution in [3.8, 4) is 10.8 Å². The lowest BCUT2D eigenvalue weighted by Gasteiger charge is -2.04. The van der Waals surface area contributed by atoms with Crippen LogP contribution in [0.4, 0.5) is 0 Å². The standard InChI is InChI=1S/C9H6BrCl2N3S/c1-2-4-6(10)7(12)15-8(14-4)9-13-3-5(11)16-9/h3H,2H2,1H3. The van der Waals surface area contributed by atoms with Crippen LogP contribution < -0.4 is 0 Å². The smallest absolute Gasteiger partial charge is 0.190 e. The van der Waals surface area contributed by atoms with Gasteiger partial charge >= 0.3 is 0 Å². The van der Waals surface area contributed by atoms with Gasteiger partial charge in [0.2, 0.25) is 0 Å². The molecule has 0 aliphatic heterocycles. The van der Waals surface area contributed by atoms with E-state index >= 15 is 0 Å². The van der Waals surface area contributed by atoms with Crippen LogP contribution in [-0.4, -0.2) is 15.0 Å². The molecule has 0 unspecified atom stereocenters. The van der Waals surface area contributed by atoms with Gasteiger partial charge in [0.1, 0.15) is 9.49 Å². The second-order valence-corrected chi connectivity index (χ2v) is 5.73. The summed E-state index contributed by atoms with van der Waals surface area (Å²) < 4.78 is 1.35. The Kier molecular flexibility index (Phi) is 3.79. The van der Waals surface area contributed by atoms with E-state index in [2.05, 4.69) is 30.9 Å². The van der Waals surface area contributed by atoms with Crippen molar-refractivity contribution in [2.24, 2.45) is 0 Å². The quantitative estimate of drug-likeness (QED) is 0.769. The van der Waals surface area contributed by atoms with Gasteiger partial charge in [0.25, 0.3) is 0 Å². The van der Waals surface area contributed by atoms with Crippen LogP contribution in [0.2, 0.25) is 9.49 Å². The van der Waals surface area contributed by atoms with E-state index in [9.17, 15) is 0 Å². The van der Waals surface area contributed by atoms with E-state index in [4.69, 9.17) is 23.2 Å². The third-order valence-corrected chi connectivity index (χ3v) is 4.33. The molecule has 84 valence electrons. The summed E-state index contributed by atoms with van der Waals surface area (Å²) >= 11 is 16.5. The number of hydrogen-bond donors (Lipinski definition) is 0. The Labute approximate surface area is 115 Å². The summed E-state index contributed by atoms with van der Waals surface area (Å²) in [5.74, 6) is 0.516. The number of thiazole rings is 1. The van der Waals surface area contributed by atoms with E-state index in [1.165, 1.54) is 11.3 Å². The molecule has 2 heterocycles. The average Bonchev–Trinajstić information content (AvgIpc) is 2.69. The van der Waals surface area contributed by atoms with Crippen LogP contribution in [0.25, 0.3) is 10.8 Å². The lowest BCUT2D eigenvalue weighted by molar-refractivity contribution is 0.988. The van der Waals surface area contributed by atoms with Crippen molar-refractivity contribution in [2.45, 2.75) is 13.3 Å². The lowest BCUT2D eigenvalue weighted by atomic mass is 10.3. The van der Waals surface area contributed by atoms with Gasteiger partial charge in [0.05, 0.1) is 16.4 Å². The highest BCUT2D eigenvalue weighted by Gasteiger charge is 2.13. The number of aryl methyl sites for hydroxylation is 1. The Morgan fingerprint density at radius 3 is 2.69 bits per heavy atom. The van der Waals surface area contributed by atoms with Crippen LogP contribution in [0.15, 0.2) is 10.7 Å². The molecule has 0 bridgehead atoms. The molecule has 16 heavy (non-hydrogen) atoms. The third kappa shape index (κ3) is 2.37. The second-order valence-electron chi connectivity index (χ2n) is 2.92. The molecule has 2 aromatic rings. The predicted molar refractivity (Wildman–Crippen MR) is 70.2 cm³/mol. The zero-order valence-electron chi connectivity index (χ0n) is 8.17. The molecule has 2 aromatic heterocycles. The molecule has 0 spiro atoms. The number of aromatic nitrogens is 3. The zero-order chi connectivity index (χ0) is 11.7. The second kappa shape index (κ2) is 4.96. The molecular formula is C9H6BrCl2N3S. The van der Waals surface area contributed by atoms with Crippen LogP contribution in [0.3, 0.4) is 0 Å². The first kappa shape index (κ1) is 12.2. The molecule has 0 saturated carbocycles. The minimum absolute atomic E-state index is 0.396. The first-order valence-corrected chi connectivity index (χ1v) is 6.82. The van der Waals surface area contributed by atoms with Gasteiger partial charge in [0.15, 0.2) is 10.8 Å². The fraction of sp³-hybridized carbons (Fsp3) is 0.222. The highest BCUT2D eigenvalue weighted by atomic mass is 79.9. The molecule has 0 fully saturated rings.